The van der Waals surface area contributed by atoms with E-state index in [2.05, 4.69) is 28.3 Å². The van der Waals surface area contributed by atoms with Crippen LogP contribution in [0.15, 0.2) is 0 Å². The Labute approximate surface area is 114 Å². The van der Waals surface area contributed by atoms with Crippen molar-refractivity contribution in [3.8, 4) is 0 Å². The monoisotopic (exact) mass is 325 g/mol. The van der Waals surface area contributed by atoms with E-state index in [1.807, 2.05) is 6.92 Å². The molecule has 0 aromatic carbocycles. The Kier molecular flexibility index (Phi) is 7.89. The van der Waals surface area contributed by atoms with Crippen LogP contribution >= 0.6 is 15.9 Å². The molecule has 0 saturated carbocycles. The van der Waals surface area contributed by atoms with Gasteiger partial charge in [-0.25, -0.2) is 5.48 Å². The average Bonchev–Trinajstić information content (AvgIpc) is 2.31. The Bertz CT molecular complexity index is 199. The summed E-state index contributed by atoms with van der Waals surface area (Å²) in [6.07, 6.45) is 3.26. The number of hydrogen-bond donors (Lipinski definition) is 1. The lowest BCUT2D eigenvalue weighted by molar-refractivity contribution is -0.000864. The van der Waals surface area contributed by atoms with Crippen molar-refractivity contribution in [1.82, 2.24) is 5.48 Å². The minimum absolute atomic E-state index is 0.639. The first kappa shape index (κ1) is 15.6. The molecule has 1 saturated heterocycles. The Morgan fingerprint density at radius 3 is 2.94 bits per heavy atom. The molecule has 2 atom stereocenters. The van der Waals surface area contributed by atoms with Crippen molar-refractivity contribution < 1.29 is 13.4 Å². The minimum atomic E-state index is -2.47. The number of hydrogen-bond acceptors (Lipinski definition) is 4. The third kappa shape index (κ3) is 5.36. The molecule has 0 bridgehead atoms. The third-order valence-electron chi connectivity index (χ3n) is 3.01. The molecule has 0 amide bonds. The van der Waals surface area contributed by atoms with Gasteiger partial charge in [-0.15, -0.1) is 0 Å². The van der Waals surface area contributed by atoms with Crippen LogP contribution in [0.1, 0.15) is 33.1 Å². The summed E-state index contributed by atoms with van der Waals surface area (Å²) in [6.45, 7) is 6.49. The van der Waals surface area contributed by atoms with Crippen molar-refractivity contribution in [3.05, 3.63) is 0 Å². The number of alkyl halides is 1. The van der Waals surface area contributed by atoms with Crippen molar-refractivity contribution in [3.63, 3.8) is 0 Å². The molecule has 1 heterocycles. The van der Waals surface area contributed by atoms with E-state index >= 15 is 0 Å². The van der Waals surface area contributed by atoms with Gasteiger partial charge in [-0.3, -0.25) is 4.53 Å². The normalized spacial score (nSPS) is 30.9. The largest absolute Gasteiger partial charge is 0.517 e. The van der Waals surface area contributed by atoms with E-state index < -0.39 is 8.80 Å². The number of nitrogens with one attached hydrogen (secondary N) is 1. The van der Waals surface area contributed by atoms with Gasteiger partial charge in [0.05, 0.1) is 0 Å². The summed E-state index contributed by atoms with van der Waals surface area (Å²) in [5, 5.41) is 0.957. The molecule has 1 aliphatic heterocycles. The van der Waals surface area contributed by atoms with Crippen molar-refractivity contribution in [2.24, 2.45) is 5.92 Å². The Morgan fingerprint density at radius 1 is 1.47 bits per heavy atom. The highest BCUT2D eigenvalue weighted by Crippen LogP contribution is 2.21. The zero-order valence-corrected chi connectivity index (χ0v) is 13.4. The second-order valence-corrected chi connectivity index (χ2v) is 7.71. The predicted octanol–water partition coefficient (Wildman–Crippen LogP) is 2.71. The van der Waals surface area contributed by atoms with E-state index in [-0.39, 0.29) is 0 Å². The van der Waals surface area contributed by atoms with E-state index in [1.165, 1.54) is 0 Å². The molecule has 0 radical (unpaired) electrons. The first-order valence-corrected chi connectivity index (χ1v) is 9.56. The SMILES string of the molecule is CCO[Si]1(CCCBr)OCCC(CC)CNO1. The van der Waals surface area contributed by atoms with Gasteiger partial charge in [0, 0.05) is 31.1 Å². The molecule has 1 rings (SSSR count). The first-order valence-electron chi connectivity index (χ1n) is 6.51. The Hall–Kier alpha value is 0.537. The predicted molar refractivity (Wildman–Crippen MR) is 74.0 cm³/mol. The molecule has 1 N–H and O–H groups in total. The van der Waals surface area contributed by atoms with Crippen LogP contribution in [0, 0.1) is 5.92 Å². The lowest BCUT2D eigenvalue weighted by Crippen LogP contribution is -2.52. The van der Waals surface area contributed by atoms with E-state index in [0.717, 1.165) is 43.8 Å². The van der Waals surface area contributed by atoms with Gasteiger partial charge in [0.25, 0.3) is 0 Å². The van der Waals surface area contributed by atoms with E-state index in [0.29, 0.717) is 12.5 Å². The van der Waals surface area contributed by atoms with Gasteiger partial charge in [0.1, 0.15) is 0 Å². The van der Waals surface area contributed by atoms with Gasteiger partial charge in [-0.2, -0.15) is 0 Å². The van der Waals surface area contributed by atoms with E-state index in [9.17, 15) is 0 Å². The smallest absolute Gasteiger partial charge is 0.373 e. The zero-order valence-electron chi connectivity index (χ0n) is 10.8. The molecule has 0 aliphatic carbocycles. The second kappa shape index (κ2) is 8.61. The fraction of sp³-hybridized carbons (Fsp3) is 1.00. The van der Waals surface area contributed by atoms with Crippen LogP contribution in [0.5, 0.6) is 0 Å². The lowest BCUT2D eigenvalue weighted by Gasteiger charge is -2.32. The van der Waals surface area contributed by atoms with E-state index in [1.54, 1.807) is 0 Å². The Balaban J connectivity index is 2.51. The first-order chi connectivity index (χ1) is 8.26. The molecule has 0 spiro atoms. The maximum Gasteiger partial charge on any atom is 0.517 e. The maximum absolute atomic E-state index is 5.96. The lowest BCUT2D eigenvalue weighted by atomic mass is 10.0. The summed E-state index contributed by atoms with van der Waals surface area (Å²) in [6, 6.07) is 0.871. The summed E-state index contributed by atoms with van der Waals surface area (Å²) in [5.74, 6) is 0.639. The highest BCUT2D eigenvalue weighted by Gasteiger charge is 2.42. The fourth-order valence-corrected chi connectivity index (χ4v) is 5.07. The van der Waals surface area contributed by atoms with Crippen LogP contribution < -0.4 is 5.48 Å². The maximum atomic E-state index is 5.96. The van der Waals surface area contributed by atoms with Crippen LogP contribution in [-0.2, 0) is 13.4 Å². The summed E-state index contributed by atoms with van der Waals surface area (Å²) < 4.78 is 17.5. The Morgan fingerprint density at radius 2 is 2.29 bits per heavy atom. The topological polar surface area (TPSA) is 39.7 Å². The van der Waals surface area contributed by atoms with Crippen molar-refractivity contribution in [2.75, 3.05) is 25.1 Å². The molecule has 0 aromatic heterocycles. The van der Waals surface area contributed by atoms with Crippen LogP contribution in [0.3, 0.4) is 0 Å². The summed E-state index contributed by atoms with van der Waals surface area (Å²) in [7, 11) is -2.47. The second-order valence-electron chi connectivity index (χ2n) is 4.27. The number of hydroxylamine groups is 1. The van der Waals surface area contributed by atoms with E-state index in [4.69, 9.17) is 13.4 Å². The molecular formula is C11H24BrNO3Si. The molecular weight excluding hydrogens is 302 g/mol. The summed E-state index contributed by atoms with van der Waals surface area (Å²) >= 11 is 3.44. The summed E-state index contributed by atoms with van der Waals surface area (Å²) in [5.41, 5.74) is 3.07. The molecule has 0 aromatic rings. The van der Waals surface area contributed by atoms with Crippen LogP contribution in [-0.4, -0.2) is 33.9 Å². The quantitative estimate of drug-likeness (QED) is 0.602. The molecule has 4 nitrogen and oxygen atoms in total. The average molecular weight is 326 g/mol. The van der Waals surface area contributed by atoms with Crippen LogP contribution in [0.2, 0.25) is 6.04 Å². The van der Waals surface area contributed by atoms with Gasteiger partial charge in [-0.1, -0.05) is 29.3 Å². The third-order valence-corrected chi connectivity index (χ3v) is 6.36. The highest BCUT2D eigenvalue weighted by molar-refractivity contribution is 9.09. The standard InChI is InChI=1S/C11H24BrNO3Si/c1-3-11-6-8-15-17(14-4-2,9-5-7-12)16-13-10-11/h11,13H,3-10H2,1-2H3. The number of halogens is 1. The molecule has 1 fully saturated rings. The minimum Gasteiger partial charge on any atom is -0.373 e. The van der Waals surface area contributed by atoms with Gasteiger partial charge in [0.15, 0.2) is 0 Å². The van der Waals surface area contributed by atoms with Gasteiger partial charge >= 0.3 is 8.80 Å². The van der Waals surface area contributed by atoms with Crippen molar-refractivity contribution in [2.45, 2.75) is 39.2 Å². The number of rotatable bonds is 6. The van der Waals surface area contributed by atoms with Crippen molar-refractivity contribution >= 4 is 24.7 Å². The molecule has 6 heteroatoms. The van der Waals surface area contributed by atoms with Crippen LogP contribution in [0.25, 0.3) is 0 Å². The summed E-state index contributed by atoms with van der Waals surface area (Å²) in [4.78, 5) is 0. The van der Waals surface area contributed by atoms with Gasteiger partial charge in [0.2, 0.25) is 0 Å². The molecule has 17 heavy (non-hydrogen) atoms. The van der Waals surface area contributed by atoms with Gasteiger partial charge < -0.3 is 8.85 Å². The van der Waals surface area contributed by atoms with Crippen molar-refractivity contribution in [1.29, 1.82) is 0 Å². The van der Waals surface area contributed by atoms with Gasteiger partial charge in [-0.05, 0) is 25.7 Å². The zero-order chi connectivity index (χ0) is 12.6. The molecule has 1 aliphatic rings. The fourth-order valence-electron chi connectivity index (χ4n) is 1.90. The molecule has 2 unspecified atom stereocenters. The van der Waals surface area contributed by atoms with Crippen LogP contribution in [0.4, 0.5) is 0 Å². The highest BCUT2D eigenvalue weighted by atomic mass is 79.9. The molecule has 102 valence electrons.